The maximum atomic E-state index is 12.2. The van der Waals surface area contributed by atoms with Crippen LogP contribution in [0.15, 0.2) is 24.3 Å². The fraction of sp³-hybridized carbons (Fsp3) is 0.429. The van der Waals surface area contributed by atoms with Gasteiger partial charge in [-0.2, -0.15) is 0 Å². The second-order valence-electron chi connectivity index (χ2n) is 5.23. The van der Waals surface area contributed by atoms with Crippen LogP contribution in [0.25, 0.3) is 11.0 Å². The van der Waals surface area contributed by atoms with Crippen molar-refractivity contribution in [3.8, 4) is 0 Å². The minimum Gasteiger partial charge on any atom is -0.710 e. The summed E-state index contributed by atoms with van der Waals surface area (Å²) in [5.74, 6) is -0.803. The predicted molar refractivity (Wildman–Crippen MR) is 72.4 cm³/mol. The molecule has 1 saturated carbocycles. The van der Waals surface area contributed by atoms with Crippen molar-refractivity contribution in [3.05, 3.63) is 35.3 Å². The highest BCUT2D eigenvalue weighted by Gasteiger charge is 2.29. The number of fused-ring (bicyclic) bond motifs is 1. The van der Waals surface area contributed by atoms with Gasteiger partial charge in [0.1, 0.15) is 0 Å². The SMILES string of the molecule is O=C(NC1CCCCC1)c1n(O)c2ccccc2[n+]1[O-]. The molecule has 0 saturated heterocycles. The van der Waals surface area contributed by atoms with E-state index in [-0.39, 0.29) is 17.4 Å². The highest BCUT2D eigenvalue weighted by molar-refractivity contribution is 5.92. The van der Waals surface area contributed by atoms with Crippen LogP contribution in [0.1, 0.15) is 42.7 Å². The molecule has 0 spiro atoms. The number of carbonyl (C=O) groups excluding carboxylic acids is 1. The molecule has 1 amide bonds. The number of imidazole rings is 1. The van der Waals surface area contributed by atoms with Gasteiger partial charge < -0.3 is 15.7 Å². The molecule has 20 heavy (non-hydrogen) atoms. The molecule has 0 aliphatic heterocycles. The molecule has 6 nitrogen and oxygen atoms in total. The van der Waals surface area contributed by atoms with Gasteiger partial charge in [0.25, 0.3) is 0 Å². The van der Waals surface area contributed by atoms with Crippen molar-refractivity contribution < 1.29 is 14.7 Å². The zero-order valence-corrected chi connectivity index (χ0v) is 11.1. The fourth-order valence-electron chi connectivity index (χ4n) is 2.81. The second-order valence-corrected chi connectivity index (χ2v) is 5.23. The van der Waals surface area contributed by atoms with E-state index in [2.05, 4.69) is 5.32 Å². The van der Waals surface area contributed by atoms with Gasteiger partial charge in [0, 0.05) is 6.04 Å². The molecule has 0 unspecified atom stereocenters. The number of nitrogens with one attached hydrogen (secondary N) is 1. The summed E-state index contributed by atoms with van der Waals surface area (Å²) in [4.78, 5) is 12.2. The molecule has 0 bridgehead atoms. The molecule has 0 atom stereocenters. The van der Waals surface area contributed by atoms with Crippen molar-refractivity contribution in [2.75, 3.05) is 0 Å². The number of nitrogens with zero attached hydrogens (tertiary/aromatic N) is 2. The molecule has 3 rings (SSSR count). The van der Waals surface area contributed by atoms with Crippen LogP contribution in [-0.2, 0) is 0 Å². The van der Waals surface area contributed by atoms with Crippen LogP contribution in [0.4, 0.5) is 0 Å². The maximum Gasteiger partial charge on any atom is 0.390 e. The van der Waals surface area contributed by atoms with Crippen LogP contribution >= 0.6 is 0 Å². The minimum absolute atomic E-state index is 0.0919. The summed E-state index contributed by atoms with van der Waals surface area (Å²) in [7, 11) is 0. The first kappa shape index (κ1) is 12.8. The van der Waals surface area contributed by atoms with E-state index < -0.39 is 5.91 Å². The predicted octanol–water partition coefficient (Wildman–Crippen LogP) is 1.57. The zero-order chi connectivity index (χ0) is 14.1. The van der Waals surface area contributed by atoms with Gasteiger partial charge >= 0.3 is 11.7 Å². The minimum atomic E-state index is -0.523. The summed E-state index contributed by atoms with van der Waals surface area (Å²) in [6, 6.07) is 6.67. The number of hydrogen-bond acceptors (Lipinski definition) is 3. The molecule has 1 fully saturated rings. The Morgan fingerprint density at radius 3 is 2.70 bits per heavy atom. The lowest BCUT2D eigenvalue weighted by molar-refractivity contribution is -0.582. The van der Waals surface area contributed by atoms with Crippen molar-refractivity contribution in [1.82, 2.24) is 10.0 Å². The normalized spacial score (nSPS) is 16.4. The Morgan fingerprint density at radius 2 is 2.00 bits per heavy atom. The quantitative estimate of drug-likeness (QED) is 0.496. The van der Waals surface area contributed by atoms with Gasteiger partial charge in [0.05, 0.1) is 0 Å². The Bertz CT molecular complexity index is 605. The molecule has 1 aliphatic carbocycles. The number of benzene rings is 1. The summed E-state index contributed by atoms with van der Waals surface area (Å²) in [5, 5.41) is 24.9. The van der Waals surface area contributed by atoms with Crippen LogP contribution < -0.4 is 10.0 Å². The Kier molecular flexibility index (Phi) is 3.22. The molecule has 106 valence electrons. The average molecular weight is 275 g/mol. The van der Waals surface area contributed by atoms with Crippen LogP contribution in [0.3, 0.4) is 0 Å². The molecule has 1 heterocycles. The molecule has 1 aliphatic rings. The zero-order valence-electron chi connectivity index (χ0n) is 11.1. The van der Waals surface area contributed by atoms with E-state index in [0.29, 0.717) is 15.0 Å². The van der Waals surface area contributed by atoms with E-state index in [1.54, 1.807) is 24.3 Å². The van der Waals surface area contributed by atoms with Gasteiger partial charge in [0.15, 0.2) is 5.52 Å². The Morgan fingerprint density at radius 1 is 1.30 bits per heavy atom. The van der Waals surface area contributed by atoms with E-state index in [1.807, 2.05) is 0 Å². The first-order valence-corrected chi connectivity index (χ1v) is 6.91. The first-order valence-electron chi connectivity index (χ1n) is 6.91. The lowest BCUT2D eigenvalue weighted by Crippen LogP contribution is -2.44. The summed E-state index contributed by atoms with van der Waals surface area (Å²) in [5.41, 5.74) is 0.611. The van der Waals surface area contributed by atoms with Gasteiger partial charge in [-0.25, -0.2) is 4.73 Å². The van der Waals surface area contributed by atoms with E-state index >= 15 is 0 Å². The number of amides is 1. The van der Waals surface area contributed by atoms with Crippen LogP contribution in [0, 0.1) is 5.21 Å². The first-order chi connectivity index (χ1) is 9.68. The highest BCUT2D eigenvalue weighted by atomic mass is 16.5. The Balaban J connectivity index is 1.91. The molecule has 1 aromatic heterocycles. The highest BCUT2D eigenvalue weighted by Crippen LogP contribution is 2.18. The van der Waals surface area contributed by atoms with Crippen molar-refractivity contribution in [2.24, 2.45) is 0 Å². The number of carbonyl (C=O) groups is 1. The van der Waals surface area contributed by atoms with Crippen LogP contribution in [-0.4, -0.2) is 21.9 Å². The van der Waals surface area contributed by atoms with Crippen LogP contribution in [0.2, 0.25) is 0 Å². The summed E-state index contributed by atoms with van der Waals surface area (Å²) < 4.78 is 1.15. The molecular weight excluding hydrogens is 258 g/mol. The summed E-state index contributed by atoms with van der Waals surface area (Å²) >= 11 is 0. The summed E-state index contributed by atoms with van der Waals surface area (Å²) in [6.45, 7) is 0. The van der Waals surface area contributed by atoms with Crippen molar-refractivity contribution in [2.45, 2.75) is 38.1 Å². The number of aromatic nitrogens is 2. The van der Waals surface area contributed by atoms with Crippen LogP contribution in [0.5, 0.6) is 0 Å². The van der Waals surface area contributed by atoms with E-state index in [4.69, 9.17) is 0 Å². The molecule has 1 aromatic carbocycles. The lowest BCUT2D eigenvalue weighted by atomic mass is 9.95. The third-order valence-electron chi connectivity index (χ3n) is 3.87. The fourth-order valence-corrected chi connectivity index (χ4v) is 2.81. The second kappa shape index (κ2) is 5.03. The third-order valence-corrected chi connectivity index (χ3v) is 3.87. The van der Waals surface area contributed by atoms with Gasteiger partial charge in [0.2, 0.25) is 5.52 Å². The standard InChI is InChI=1S/C14H17N3O3/c18-13(15-10-6-2-1-3-7-10)14-16(19)11-8-4-5-9-12(11)17(14)20/h4-5,8-10,19H,1-3,6-7H2,(H,15,18). The Labute approximate surface area is 116 Å². The molecule has 2 aromatic rings. The van der Waals surface area contributed by atoms with Gasteiger partial charge in [-0.3, -0.25) is 4.79 Å². The molecule has 0 radical (unpaired) electrons. The van der Waals surface area contributed by atoms with Gasteiger partial charge in [-0.15, -0.1) is 0 Å². The van der Waals surface area contributed by atoms with Crippen molar-refractivity contribution >= 4 is 16.9 Å². The van der Waals surface area contributed by atoms with Gasteiger partial charge in [-0.05, 0) is 29.7 Å². The summed E-state index contributed by atoms with van der Waals surface area (Å²) in [6.07, 6.45) is 5.22. The third kappa shape index (κ3) is 2.07. The number of para-hydroxylation sites is 2. The van der Waals surface area contributed by atoms with E-state index in [0.717, 1.165) is 25.7 Å². The van der Waals surface area contributed by atoms with E-state index in [9.17, 15) is 15.2 Å². The van der Waals surface area contributed by atoms with E-state index in [1.165, 1.54) is 6.42 Å². The lowest BCUT2D eigenvalue weighted by Gasteiger charge is -2.21. The monoisotopic (exact) mass is 275 g/mol. The number of hydrogen-bond donors (Lipinski definition) is 2. The topological polar surface area (TPSA) is 81.2 Å². The molecule has 6 heteroatoms. The molecule has 2 N–H and O–H groups in total. The van der Waals surface area contributed by atoms with Crippen molar-refractivity contribution in [3.63, 3.8) is 0 Å². The number of rotatable bonds is 2. The Hall–Kier alpha value is -2.24. The smallest absolute Gasteiger partial charge is 0.390 e. The largest absolute Gasteiger partial charge is 0.710 e. The van der Waals surface area contributed by atoms with Crippen molar-refractivity contribution in [1.29, 1.82) is 0 Å². The molecular formula is C14H17N3O3. The average Bonchev–Trinajstić information content (AvgIpc) is 2.72. The van der Waals surface area contributed by atoms with Gasteiger partial charge in [-0.1, -0.05) is 31.4 Å². The maximum absolute atomic E-state index is 12.2.